The van der Waals surface area contributed by atoms with E-state index in [0.29, 0.717) is 37.1 Å². The molecule has 2 aliphatic heterocycles. The molecule has 2 saturated heterocycles. The maximum absolute atomic E-state index is 14.0. The second-order valence-electron chi connectivity index (χ2n) is 6.24. The van der Waals surface area contributed by atoms with Gasteiger partial charge in [0.2, 0.25) is 0 Å². The van der Waals surface area contributed by atoms with E-state index in [1.54, 1.807) is 6.08 Å². The standard InChI is InChI=1S/C18H24FNO/c1-5-8-17(21)16(13(4)6-2)9-14(7-3)20-12-18(19)10-15(20)11-18/h3,9,15H,5-6,8,10-12H2,1-2,4H3/b14-9+,16-13?. The molecule has 114 valence electrons. The molecule has 3 aliphatic rings. The number of rotatable bonds is 6. The monoisotopic (exact) mass is 289 g/mol. The van der Waals surface area contributed by atoms with Gasteiger partial charge in [0, 0.05) is 30.9 Å². The van der Waals surface area contributed by atoms with Gasteiger partial charge in [-0.25, -0.2) is 4.39 Å². The summed E-state index contributed by atoms with van der Waals surface area (Å²) < 4.78 is 14.0. The van der Waals surface area contributed by atoms with Crippen LogP contribution in [0.3, 0.4) is 0 Å². The normalized spacial score (nSPS) is 28.8. The summed E-state index contributed by atoms with van der Waals surface area (Å²) in [7, 11) is 0. The summed E-state index contributed by atoms with van der Waals surface area (Å²) in [5.74, 6) is 2.79. The number of Topliss-reactive ketones (excluding diaryl/α,β-unsaturated/α-hetero) is 1. The Hall–Kier alpha value is -1.56. The zero-order valence-electron chi connectivity index (χ0n) is 13.2. The largest absolute Gasteiger partial charge is 0.358 e. The molecule has 0 spiro atoms. The number of terminal acetylenes is 1. The SMILES string of the molecule is C#C/C(=C\C(C(=O)CCC)=C(C)CC)N1CC2(F)CC1C2. The second-order valence-corrected chi connectivity index (χ2v) is 6.24. The average Bonchev–Trinajstić information content (AvgIpc) is 2.92. The fraction of sp³-hybridized carbons (Fsp3) is 0.611. The van der Waals surface area contributed by atoms with Crippen molar-refractivity contribution in [3.05, 3.63) is 22.9 Å². The summed E-state index contributed by atoms with van der Waals surface area (Å²) in [6.07, 6.45) is 10.7. The minimum atomic E-state index is -1.06. The Kier molecular flexibility index (Phi) is 4.56. The number of carbonyl (C=O) groups excluding carboxylic acids is 1. The van der Waals surface area contributed by atoms with Gasteiger partial charge in [-0.15, -0.1) is 6.42 Å². The summed E-state index contributed by atoms with van der Waals surface area (Å²) in [5, 5.41) is 0. The van der Waals surface area contributed by atoms with E-state index in [4.69, 9.17) is 6.42 Å². The number of fused-ring (bicyclic) bond motifs is 1. The van der Waals surface area contributed by atoms with Gasteiger partial charge in [0.1, 0.15) is 5.67 Å². The molecule has 0 atom stereocenters. The molecule has 0 unspecified atom stereocenters. The van der Waals surface area contributed by atoms with Crippen LogP contribution in [0.1, 0.15) is 52.9 Å². The highest BCUT2D eigenvalue weighted by molar-refractivity contribution is 5.98. The third-order valence-electron chi connectivity index (χ3n) is 4.60. The third-order valence-corrected chi connectivity index (χ3v) is 4.60. The first kappa shape index (κ1) is 15.8. The highest BCUT2D eigenvalue weighted by atomic mass is 19.1. The summed E-state index contributed by atoms with van der Waals surface area (Å²) in [5.41, 5.74) is 1.36. The Bertz CT molecular complexity index is 532. The Morgan fingerprint density at radius 1 is 1.48 bits per heavy atom. The zero-order chi connectivity index (χ0) is 15.6. The van der Waals surface area contributed by atoms with Gasteiger partial charge < -0.3 is 4.90 Å². The van der Waals surface area contributed by atoms with Crippen LogP contribution in [0.15, 0.2) is 22.9 Å². The molecule has 2 bridgehead atoms. The van der Waals surface area contributed by atoms with Gasteiger partial charge >= 0.3 is 0 Å². The van der Waals surface area contributed by atoms with Crippen molar-refractivity contribution < 1.29 is 9.18 Å². The molecular formula is C18H24FNO. The Morgan fingerprint density at radius 2 is 2.14 bits per heavy atom. The van der Waals surface area contributed by atoms with E-state index in [1.807, 2.05) is 25.7 Å². The van der Waals surface area contributed by atoms with Gasteiger partial charge in [0.15, 0.2) is 5.78 Å². The lowest BCUT2D eigenvalue weighted by atomic mass is 9.83. The molecule has 0 radical (unpaired) electrons. The maximum atomic E-state index is 14.0. The van der Waals surface area contributed by atoms with E-state index in [9.17, 15) is 9.18 Å². The van der Waals surface area contributed by atoms with E-state index in [2.05, 4.69) is 5.92 Å². The fourth-order valence-electron chi connectivity index (χ4n) is 3.19. The summed E-state index contributed by atoms with van der Waals surface area (Å²) >= 11 is 0. The van der Waals surface area contributed by atoms with E-state index in [1.165, 1.54) is 0 Å². The molecule has 0 aromatic rings. The minimum absolute atomic E-state index is 0.131. The predicted molar refractivity (Wildman–Crippen MR) is 83.4 cm³/mol. The average molecular weight is 289 g/mol. The Labute approximate surface area is 127 Å². The number of halogens is 1. The molecule has 1 aliphatic carbocycles. The molecule has 21 heavy (non-hydrogen) atoms. The lowest BCUT2D eigenvalue weighted by Gasteiger charge is -2.30. The molecule has 3 rings (SSSR count). The van der Waals surface area contributed by atoms with Crippen molar-refractivity contribution in [1.82, 2.24) is 4.90 Å². The molecule has 0 N–H and O–H groups in total. The summed E-state index contributed by atoms with van der Waals surface area (Å²) in [6, 6.07) is 0.210. The summed E-state index contributed by atoms with van der Waals surface area (Å²) in [4.78, 5) is 14.3. The van der Waals surface area contributed by atoms with Crippen LogP contribution >= 0.6 is 0 Å². The van der Waals surface area contributed by atoms with Crippen molar-refractivity contribution >= 4 is 5.78 Å². The third kappa shape index (κ3) is 3.05. The van der Waals surface area contributed by atoms with E-state index in [-0.39, 0.29) is 11.8 Å². The van der Waals surface area contributed by atoms with Crippen molar-refractivity contribution in [2.24, 2.45) is 0 Å². The minimum Gasteiger partial charge on any atom is -0.358 e. The highest BCUT2D eigenvalue weighted by Gasteiger charge is 2.56. The molecule has 0 aromatic heterocycles. The number of hydrogen-bond acceptors (Lipinski definition) is 2. The van der Waals surface area contributed by atoms with Crippen LogP contribution in [0.25, 0.3) is 0 Å². The van der Waals surface area contributed by atoms with E-state index >= 15 is 0 Å². The van der Waals surface area contributed by atoms with Crippen LogP contribution in [0.4, 0.5) is 4.39 Å². The van der Waals surface area contributed by atoms with Gasteiger partial charge in [-0.3, -0.25) is 4.79 Å². The van der Waals surface area contributed by atoms with Gasteiger partial charge in [0.05, 0.1) is 12.2 Å². The number of hydrogen-bond donors (Lipinski definition) is 0. The van der Waals surface area contributed by atoms with Crippen molar-refractivity contribution in [1.29, 1.82) is 0 Å². The van der Waals surface area contributed by atoms with Crippen LogP contribution in [0.2, 0.25) is 0 Å². The molecule has 0 aromatic carbocycles. The molecule has 1 saturated carbocycles. The molecule has 2 nitrogen and oxygen atoms in total. The van der Waals surface area contributed by atoms with Gasteiger partial charge in [-0.1, -0.05) is 25.3 Å². The van der Waals surface area contributed by atoms with E-state index in [0.717, 1.165) is 18.4 Å². The first-order valence-electron chi connectivity index (χ1n) is 7.81. The molecule has 3 fully saturated rings. The van der Waals surface area contributed by atoms with Crippen LogP contribution in [-0.4, -0.2) is 28.9 Å². The van der Waals surface area contributed by atoms with Crippen LogP contribution in [-0.2, 0) is 4.79 Å². The first-order valence-corrected chi connectivity index (χ1v) is 7.81. The van der Waals surface area contributed by atoms with Crippen molar-refractivity contribution in [2.75, 3.05) is 6.54 Å². The number of carbonyl (C=O) groups is 1. The van der Waals surface area contributed by atoms with Crippen molar-refractivity contribution in [3.63, 3.8) is 0 Å². The zero-order valence-corrected chi connectivity index (χ0v) is 13.2. The van der Waals surface area contributed by atoms with Gasteiger partial charge in [-0.05, 0) is 25.8 Å². The number of nitrogens with zero attached hydrogens (tertiary/aromatic N) is 1. The quantitative estimate of drug-likeness (QED) is 0.421. The second kappa shape index (κ2) is 6.05. The van der Waals surface area contributed by atoms with Crippen LogP contribution < -0.4 is 0 Å². The number of ketones is 1. The molecule has 3 heteroatoms. The van der Waals surface area contributed by atoms with Crippen LogP contribution in [0, 0.1) is 12.3 Å². The maximum Gasteiger partial charge on any atom is 0.162 e. The summed E-state index contributed by atoms with van der Waals surface area (Å²) in [6.45, 7) is 6.36. The molecule has 2 heterocycles. The Morgan fingerprint density at radius 3 is 2.57 bits per heavy atom. The molecule has 0 amide bonds. The first-order chi connectivity index (χ1) is 9.94. The topological polar surface area (TPSA) is 20.3 Å². The lowest BCUT2D eigenvalue weighted by molar-refractivity contribution is -0.115. The molecular weight excluding hydrogens is 265 g/mol. The number of allylic oxidation sites excluding steroid dienone is 4. The predicted octanol–water partition coefficient (Wildman–Crippen LogP) is 3.79. The van der Waals surface area contributed by atoms with Crippen LogP contribution in [0.5, 0.6) is 0 Å². The van der Waals surface area contributed by atoms with E-state index < -0.39 is 5.67 Å². The highest BCUT2D eigenvalue weighted by Crippen LogP contribution is 2.49. The Balaban J connectivity index is 2.28. The smallest absolute Gasteiger partial charge is 0.162 e. The van der Waals surface area contributed by atoms with Crippen molar-refractivity contribution in [3.8, 4) is 12.3 Å². The lowest BCUT2D eigenvalue weighted by Crippen LogP contribution is -2.36. The van der Waals surface area contributed by atoms with Gasteiger partial charge in [-0.2, -0.15) is 0 Å². The fourth-order valence-corrected chi connectivity index (χ4v) is 3.19. The van der Waals surface area contributed by atoms with Crippen molar-refractivity contribution in [2.45, 2.75) is 64.6 Å². The van der Waals surface area contributed by atoms with Gasteiger partial charge in [0.25, 0.3) is 0 Å². The number of alkyl halides is 1.